The molecule has 0 aliphatic carbocycles. The fourth-order valence-corrected chi connectivity index (χ4v) is 5.04. The number of carbonyl (C=O) groups excluding carboxylic acids is 1. The minimum Gasteiger partial charge on any atom is -0.490 e. The number of esters is 1. The van der Waals surface area contributed by atoms with Gasteiger partial charge in [0.25, 0.3) is 10.0 Å². The van der Waals surface area contributed by atoms with Gasteiger partial charge in [-0.25, -0.2) is 4.79 Å². The van der Waals surface area contributed by atoms with Crippen molar-refractivity contribution in [1.82, 2.24) is 0 Å². The quantitative estimate of drug-likeness (QED) is 0.506. The van der Waals surface area contributed by atoms with Crippen LogP contribution >= 0.6 is 11.6 Å². The van der Waals surface area contributed by atoms with E-state index in [1.165, 1.54) is 12.1 Å². The molecule has 0 saturated carbocycles. The number of ether oxygens (including phenoxy) is 2. The molecule has 7 nitrogen and oxygen atoms in total. The van der Waals surface area contributed by atoms with Crippen molar-refractivity contribution in [3.63, 3.8) is 0 Å². The summed E-state index contributed by atoms with van der Waals surface area (Å²) in [6.07, 6.45) is 3.43. The molecule has 30 heavy (non-hydrogen) atoms. The van der Waals surface area contributed by atoms with Gasteiger partial charge in [-0.15, -0.1) is 4.40 Å². The van der Waals surface area contributed by atoms with Gasteiger partial charge in [-0.05, 0) is 37.1 Å². The minimum atomic E-state index is -3.91. The molecule has 0 aromatic heterocycles. The lowest BCUT2D eigenvalue weighted by Gasteiger charge is -2.30. The zero-order chi connectivity index (χ0) is 21.1. The van der Waals surface area contributed by atoms with Crippen molar-refractivity contribution in [3.8, 4) is 5.75 Å². The summed E-state index contributed by atoms with van der Waals surface area (Å²) in [4.78, 5) is 14.4. The molecular weight excluding hydrogens is 428 g/mol. The maximum atomic E-state index is 12.7. The van der Waals surface area contributed by atoms with E-state index < -0.39 is 16.0 Å². The van der Waals surface area contributed by atoms with Crippen molar-refractivity contribution in [1.29, 1.82) is 0 Å². The summed E-state index contributed by atoms with van der Waals surface area (Å²) in [6, 6.07) is 11.9. The number of anilines is 1. The van der Waals surface area contributed by atoms with Gasteiger partial charge in [0.2, 0.25) is 0 Å². The van der Waals surface area contributed by atoms with E-state index in [9.17, 15) is 13.2 Å². The summed E-state index contributed by atoms with van der Waals surface area (Å²) < 4.78 is 40.1. The molecule has 158 valence electrons. The highest BCUT2D eigenvalue weighted by molar-refractivity contribution is 7.90. The third-order valence-corrected chi connectivity index (χ3v) is 6.63. The fourth-order valence-electron chi connectivity index (χ4n) is 3.54. The second-order valence-electron chi connectivity index (χ2n) is 7.04. The summed E-state index contributed by atoms with van der Waals surface area (Å²) in [6.45, 7) is 0.832. The van der Waals surface area contributed by atoms with Gasteiger partial charge in [0.05, 0.1) is 16.3 Å². The van der Waals surface area contributed by atoms with E-state index in [1.807, 2.05) is 23.1 Å². The summed E-state index contributed by atoms with van der Waals surface area (Å²) in [5, 5.41) is 0.142. The maximum absolute atomic E-state index is 12.7. The molecule has 0 radical (unpaired) electrons. The Morgan fingerprint density at radius 2 is 1.90 bits per heavy atom. The highest BCUT2D eigenvalue weighted by Gasteiger charge is 2.33. The third-order valence-electron chi connectivity index (χ3n) is 4.98. The molecule has 1 fully saturated rings. The number of amidine groups is 1. The number of benzene rings is 2. The molecule has 0 unspecified atom stereocenters. The van der Waals surface area contributed by atoms with Gasteiger partial charge >= 0.3 is 5.97 Å². The van der Waals surface area contributed by atoms with Crippen molar-refractivity contribution < 1.29 is 22.7 Å². The summed E-state index contributed by atoms with van der Waals surface area (Å²) in [5.41, 5.74) is 0.461. The zero-order valence-electron chi connectivity index (χ0n) is 16.2. The van der Waals surface area contributed by atoms with Crippen LogP contribution in [-0.4, -0.2) is 40.0 Å². The van der Waals surface area contributed by atoms with Crippen LogP contribution in [0.25, 0.3) is 0 Å². The first-order valence-electron chi connectivity index (χ1n) is 9.75. The Hall–Kier alpha value is -2.58. The van der Waals surface area contributed by atoms with Crippen LogP contribution in [0.5, 0.6) is 5.75 Å². The van der Waals surface area contributed by atoms with Crippen molar-refractivity contribution in [2.45, 2.75) is 30.6 Å². The van der Waals surface area contributed by atoms with Crippen LogP contribution in [0.15, 0.2) is 51.8 Å². The molecule has 2 aromatic carbocycles. The van der Waals surface area contributed by atoms with Crippen molar-refractivity contribution in [2.75, 3.05) is 24.7 Å². The average molecular weight is 449 g/mol. The number of carbonyl (C=O) groups is 1. The van der Waals surface area contributed by atoms with E-state index in [-0.39, 0.29) is 28.7 Å². The number of halogens is 1. The lowest BCUT2D eigenvalue weighted by Crippen LogP contribution is -2.35. The molecule has 0 atom stereocenters. The van der Waals surface area contributed by atoms with Crippen molar-refractivity contribution >= 4 is 39.1 Å². The van der Waals surface area contributed by atoms with Crippen LogP contribution in [0.2, 0.25) is 5.02 Å². The number of rotatable bonds is 5. The molecule has 2 aromatic rings. The Morgan fingerprint density at radius 1 is 1.10 bits per heavy atom. The summed E-state index contributed by atoms with van der Waals surface area (Å²) in [7, 11) is -3.91. The molecule has 9 heteroatoms. The van der Waals surface area contributed by atoms with E-state index in [4.69, 9.17) is 21.1 Å². The molecule has 0 bridgehead atoms. The van der Waals surface area contributed by atoms with Crippen LogP contribution < -0.4 is 9.64 Å². The highest BCUT2D eigenvalue weighted by Crippen LogP contribution is 2.38. The smallest absolute Gasteiger partial charge is 0.339 e. The molecular formula is C21H21ClN2O5S. The third kappa shape index (κ3) is 4.29. The van der Waals surface area contributed by atoms with Crippen molar-refractivity contribution in [2.24, 2.45) is 4.40 Å². The Bertz CT molecular complexity index is 1090. The topological polar surface area (TPSA) is 85.3 Å². The number of hydrogen-bond acceptors (Lipinski definition) is 6. The standard InChI is InChI=1S/C21H21ClN2O5S/c22-17-14-18-19(30(26,27)23-20-9-5-2-6-10-24(18)20)13-16(17)21(25)29-12-11-28-15-7-3-1-4-8-15/h1,3-4,7-8,13-14H,2,5-6,9-12H2. The molecule has 4 rings (SSSR count). The van der Waals surface area contributed by atoms with E-state index >= 15 is 0 Å². The Kier molecular flexibility index (Phi) is 5.97. The second kappa shape index (κ2) is 8.65. The van der Waals surface area contributed by atoms with E-state index in [0.717, 1.165) is 19.3 Å². The predicted molar refractivity (Wildman–Crippen MR) is 114 cm³/mol. The fraction of sp³-hybridized carbons (Fsp3) is 0.333. The average Bonchev–Trinajstić information content (AvgIpc) is 2.96. The molecule has 0 spiro atoms. The molecule has 1 saturated heterocycles. The summed E-state index contributed by atoms with van der Waals surface area (Å²) >= 11 is 6.34. The second-order valence-corrected chi connectivity index (χ2v) is 9.02. The number of nitrogens with zero attached hydrogens (tertiary/aromatic N) is 2. The Labute approximate surface area is 180 Å². The maximum Gasteiger partial charge on any atom is 0.339 e. The lowest BCUT2D eigenvalue weighted by atomic mass is 10.1. The first kappa shape index (κ1) is 20.7. The van der Waals surface area contributed by atoms with Gasteiger partial charge in [0.1, 0.15) is 29.7 Å². The van der Waals surface area contributed by atoms with Gasteiger partial charge in [0.15, 0.2) is 0 Å². The molecule has 2 aliphatic rings. The van der Waals surface area contributed by atoms with Crippen LogP contribution in [-0.2, 0) is 14.8 Å². The molecule has 0 amide bonds. The number of sulfonamides is 1. The van der Waals surface area contributed by atoms with Crippen LogP contribution in [0.1, 0.15) is 36.0 Å². The number of para-hydroxylation sites is 1. The normalized spacial score (nSPS) is 17.2. The van der Waals surface area contributed by atoms with Crippen molar-refractivity contribution in [3.05, 3.63) is 53.1 Å². The Morgan fingerprint density at radius 3 is 2.70 bits per heavy atom. The largest absolute Gasteiger partial charge is 0.490 e. The van der Waals surface area contributed by atoms with E-state index in [2.05, 4.69) is 4.40 Å². The monoisotopic (exact) mass is 448 g/mol. The van der Waals surface area contributed by atoms with E-state index in [1.54, 1.807) is 12.1 Å². The van der Waals surface area contributed by atoms with Gasteiger partial charge < -0.3 is 14.4 Å². The minimum absolute atomic E-state index is 0.00230. The Balaban J connectivity index is 1.51. The van der Waals surface area contributed by atoms with Gasteiger partial charge in [-0.1, -0.05) is 36.2 Å². The number of hydrogen-bond donors (Lipinski definition) is 0. The van der Waals surface area contributed by atoms with Crippen LogP contribution in [0.4, 0.5) is 5.69 Å². The molecule has 2 heterocycles. The first-order valence-corrected chi connectivity index (χ1v) is 11.6. The van der Waals surface area contributed by atoms with Gasteiger partial charge in [0, 0.05) is 13.0 Å². The zero-order valence-corrected chi connectivity index (χ0v) is 17.8. The predicted octanol–water partition coefficient (Wildman–Crippen LogP) is 4.06. The van der Waals surface area contributed by atoms with Gasteiger partial charge in [-0.2, -0.15) is 8.42 Å². The molecule has 2 aliphatic heterocycles. The van der Waals surface area contributed by atoms with Crippen LogP contribution in [0, 0.1) is 0 Å². The lowest BCUT2D eigenvalue weighted by molar-refractivity contribution is 0.0450. The first-order chi connectivity index (χ1) is 14.5. The SMILES string of the molecule is O=C(OCCOc1ccccc1)c1cc2c(cc1Cl)N1CCCCCC1=NS2(=O)=O. The highest BCUT2D eigenvalue weighted by atomic mass is 35.5. The molecule has 0 N–H and O–H groups in total. The number of fused-ring (bicyclic) bond motifs is 3. The summed E-state index contributed by atoms with van der Waals surface area (Å²) in [5.74, 6) is 0.488. The van der Waals surface area contributed by atoms with Crippen LogP contribution in [0.3, 0.4) is 0 Å². The van der Waals surface area contributed by atoms with Gasteiger partial charge in [-0.3, -0.25) is 0 Å². The van der Waals surface area contributed by atoms with E-state index in [0.29, 0.717) is 30.2 Å².